The third kappa shape index (κ3) is 3.84. The van der Waals surface area contributed by atoms with E-state index in [0.717, 1.165) is 24.8 Å². The highest BCUT2D eigenvalue weighted by atomic mass is 16.5. The van der Waals surface area contributed by atoms with Crippen molar-refractivity contribution in [1.82, 2.24) is 5.32 Å². The van der Waals surface area contributed by atoms with E-state index in [9.17, 15) is 20.1 Å². The summed E-state index contributed by atoms with van der Waals surface area (Å²) >= 11 is 0. The molecule has 2 aromatic rings. The molecular weight excluding hydrogens is 348 g/mol. The van der Waals surface area contributed by atoms with Gasteiger partial charge in [0, 0.05) is 23.7 Å². The summed E-state index contributed by atoms with van der Waals surface area (Å²) in [4.78, 5) is 11.5. The lowest BCUT2D eigenvalue weighted by atomic mass is 10.0. The predicted octanol–water partition coefficient (Wildman–Crippen LogP) is 1.83. The number of nitrogens with one attached hydrogen (secondary N) is 2. The number of rotatable bonds is 6. The summed E-state index contributed by atoms with van der Waals surface area (Å²) in [6.07, 6.45) is 1.93. The average molecular weight is 370 g/mol. The first-order valence-corrected chi connectivity index (χ1v) is 8.95. The molecule has 1 amide bonds. The maximum absolute atomic E-state index is 11.5. The van der Waals surface area contributed by atoms with E-state index in [1.165, 1.54) is 12.1 Å². The Morgan fingerprint density at radius 3 is 2.59 bits per heavy atom. The van der Waals surface area contributed by atoms with E-state index in [-0.39, 0.29) is 29.6 Å². The normalized spacial score (nSPS) is 18.2. The molecule has 0 aromatic heterocycles. The Hall–Kier alpha value is -2.77. The third-order valence-electron chi connectivity index (χ3n) is 5.09. The Morgan fingerprint density at radius 1 is 1.15 bits per heavy atom. The van der Waals surface area contributed by atoms with Crippen molar-refractivity contribution in [1.29, 1.82) is 0 Å². The lowest BCUT2D eigenvalue weighted by Crippen LogP contribution is -2.37. The van der Waals surface area contributed by atoms with Crippen molar-refractivity contribution < 1.29 is 24.9 Å². The number of carbonyl (C=O) groups excluding carboxylic acids is 1. The van der Waals surface area contributed by atoms with Gasteiger partial charge in [-0.25, -0.2) is 0 Å². The fourth-order valence-electron chi connectivity index (χ4n) is 3.46. The molecular formula is C20H22N2O5. The number of hydrogen-bond donors (Lipinski definition) is 5. The molecule has 1 atom stereocenters. The number of phenols is 2. The highest BCUT2D eigenvalue weighted by Crippen LogP contribution is 2.41. The second-order valence-corrected chi connectivity index (χ2v) is 7.27. The summed E-state index contributed by atoms with van der Waals surface area (Å²) in [6.45, 7) is 0.182. The van der Waals surface area contributed by atoms with Crippen LogP contribution < -0.4 is 15.4 Å². The van der Waals surface area contributed by atoms with Gasteiger partial charge in [0.05, 0.1) is 11.8 Å². The number of benzene rings is 2. The molecule has 0 radical (unpaired) electrons. The number of fused-ring (bicyclic) bond motifs is 1. The third-order valence-corrected chi connectivity index (χ3v) is 5.09. The SMILES string of the molecule is O=C1COc2c(cc(O)cc2C(O)CNC2(Cc3ccc(O)cc3)CC2)N1. The van der Waals surface area contributed by atoms with Crippen LogP contribution in [0.4, 0.5) is 5.69 Å². The Bertz CT molecular complexity index is 861. The topological polar surface area (TPSA) is 111 Å². The first-order valence-electron chi connectivity index (χ1n) is 8.95. The highest BCUT2D eigenvalue weighted by molar-refractivity contribution is 5.96. The summed E-state index contributed by atoms with van der Waals surface area (Å²) in [5.41, 5.74) is 1.86. The average Bonchev–Trinajstić information content (AvgIpc) is 3.40. The summed E-state index contributed by atoms with van der Waals surface area (Å²) < 4.78 is 5.46. The van der Waals surface area contributed by atoms with Gasteiger partial charge >= 0.3 is 0 Å². The van der Waals surface area contributed by atoms with E-state index >= 15 is 0 Å². The van der Waals surface area contributed by atoms with E-state index < -0.39 is 6.10 Å². The molecule has 7 nitrogen and oxygen atoms in total. The quantitative estimate of drug-likeness (QED) is 0.531. The van der Waals surface area contributed by atoms with Crippen LogP contribution in [0.1, 0.15) is 30.1 Å². The largest absolute Gasteiger partial charge is 0.508 e. The molecule has 27 heavy (non-hydrogen) atoms. The predicted molar refractivity (Wildman–Crippen MR) is 99.0 cm³/mol. The molecule has 7 heteroatoms. The molecule has 1 fully saturated rings. The van der Waals surface area contributed by atoms with Crippen molar-refractivity contribution in [2.24, 2.45) is 0 Å². The number of aliphatic hydroxyl groups is 1. The van der Waals surface area contributed by atoms with Gasteiger partial charge in [-0.1, -0.05) is 12.1 Å². The van der Waals surface area contributed by atoms with Gasteiger partial charge in [-0.2, -0.15) is 0 Å². The van der Waals surface area contributed by atoms with Gasteiger partial charge in [0.1, 0.15) is 17.2 Å². The maximum Gasteiger partial charge on any atom is 0.262 e. The smallest absolute Gasteiger partial charge is 0.262 e. The van der Waals surface area contributed by atoms with Crippen LogP contribution in [0.15, 0.2) is 36.4 Å². The molecule has 0 spiro atoms. The van der Waals surface area contributed by atoms with Crippen molar-refractivity contribution in [3.63, 3.8) is 0 Å². The van der Waals surface area contributed by atoms with Crippen molar-refractivity contribution in [3.05, 3.63) is 47.5 Å². The maximum atomic E-state index is 11.5. The van der Waals surface area contributed by atoms with E-state index in [2.05, 4.69) is 10.6 Å². The number of aliphatic hydroxyl groups excluding tert-OH is 1. The van der Waals surface area contributed by atoms with Gasteiger partial charge in [0.25, 0.3) is 5.91 Å². The van der Waals surface area contributed by atoms with E-state index in [1.807, 2.05) is 12.1 Å². The summed E-state index contributed by atoms with van der Waals surface area (Å²) in [7, 11) is 0. The number of ether oxygens (including phenoxy) is 1. The monoisotopic (exact) mass is 370 g/mol. The highest BCUT2D eigenvalue weighted by Gasteiger charge is 2.42. The van der Waals surface area contributed by atoms with Gasteiger partial charge < -0.3 is 30.7 Å². The number of β-amino-alcohol motifs (C(OH)–C–C–N with tert-alkyl or cyclic N) is 1. The molecule has 5 N–H and O–H groups in total. The number of anilines is 1. The number of phenolic OH excluding ortho intramolecular Hbond substituents is 2. The fourth-order valence-corrected chi connectivity index (χ4v) is 3.46. The van der Waals surface area contributed by atoms with Gasteiger partial charge in [0.2, 0.25) is 0 Å². The zero-order chi connectivity index (χ0) is 19.0. The molecule has 1 saturated carbocycles. The molecule has 1 aliphatic carbocycles. The fraction of sp³-hybridized carbons (Fsp3) is 0.350. The van der Waals surface area contributed by atoms with Crippen LogP contribution in [-0.4, -0.2) is 39.9 Å². The van der Waals surface area contributed by atoms with E-state index in [1.54, 1.807) is 12.1 Å². The first kappa shape index (κ1) is 17.6. The minimum Gasteiger partial charge on any atom is -0.508 e. The second-order valence-electron chi connectivity index (χ2n) is 7.27. The van der Waals surface area contributed by atoms with E-state index in [4.69, 9.17) is 4.74 Å². The Kier molecular flexibility index (Phi) is 4.41. The van der Waals surface area contributed by atoms with E-state index in [0.29, 0.717) is 23.5 Å². The molecule has 1 aliphatic heterocycles. The molecule has 142 valence electrons. The lowest BCUT2D eigenvalue weighted by molar-refractivity contribution is -0.118. The van der Waals surface area contributed by atoms with Crippen molar-refractivity contribution in [3.8, 4) is 17.2 Å². The molecule has 4 rings (SSSR count). The van der Waals surface area contributed by atoms with Crippen LogP contribution in [-0.2, 0) is 11.2 Å². The van der Waals surface area contributed by atoms with Gasteiger partial charge in [-0.05, 0) is 43.0 Å². The van der Waals surface area contributed by atoms with Crippen LogP contribution in [0, 0.1) is 0 Å². The zero-order valence-corrected chi connectivity index (χ0v) is 14.7. The lowest BCUT2D eigenvalue weighted by Gasteiger charge is -2.25. The van der Waals surface area contributed by atoms with Crippen molar-refractivity contribution in [2.75, 3.05) is 18.5 Å². The number of amides is 1. The van der Waals surface area contributed by atoms with Gasteiger partial charge in [-0.15, -0.1) is 0 Å². The standard InChI is InChI=1S/C20H22N2O5/c23-13-3-1-12(2-4-13)9-20(5-6-20)21-10-17(25)15-7-14(24)8-16-19(15)27-11-18(26)22-16/h1-4,7-8,17,21,23-25H,5-6,9-11H2,(H,22,26). The number of hydrogen-bond acceptors (Lipinski definition) is 6. The Balaban J connectivity index is 1.44. The van der Waals surface area contributed by atoms with Gasteiger partial charge in [-0.3, -0.25) is 4.79 Å². The van der Waals surface area contributed by atoms with Crippen molar-refractivity contribution in [2.45, 2.75) is 30.9 Å². The minimum absolute atomic E-state index is 0.0428. The molecule has 1 heterocycles. The molecule has 2 aromatic carbocycles. The number of aromatic hydroxyl groups is 2. The molecule has 0 saturated heterocycles. The Labute approximate surface area is 156 Å². The summed E-state index contributed by atoms with van der Waals surface area (Å²) in [5.74, 6) is 0.300. The molecule has 2 aliphatic rings. The van der Waals surface area contributed by atoms with Crippen LogP contribution in [0.3, 0.4) is 0 Å². The zero-order valence-electron chi connectivity index (χ0n) is 14.7. The van der Waals surface area contributed by atoms with Crippen LogP contribution >= 0.6 is 0 Å². The second kappa shape index (κ2) is 6.75. The van der Waals surface area contributed by atoms with Crippen LogP contribution in [0.2, 0.25) is 0 Å². The first-order chi connectivity index (χ1) is 12.9. The minimum atomic E-state index is -0.891. The summed E-state index contributed by atoms with van der Waals surface area (Å²) in [6, 6.07) is 10.0. The number of carbonyl (C=O) groups is 1. The Morgan fingerprint density at radius 2 is 1.89 bits per heavy atom. The molecule has 0 bridgehead atoms. The van der Waals surface area contributed by atoms with Crippen molar-refractivity contribution >= 4 is 11.6 Å². The summed E-state index contributed by atoms with van der Waals surface area (Å²) in [5, 5.41) is 36.0. The van der Waals surface area contributed by atoms with Crippen LogP contribution in [0.5, 0.6) is 17.2 Å². The molecule has 1 unspecified atom stereocenters. The van der Waals surface area contributed by atoms with Crippen LogP contribution in [0.25, 0.3) is 0 Å². The van der Waals surface area contributed by atoms with Gasteiger partial charge in [0.15, 0.2) is 6.61 Å².